The zero-order valence-corrected chi connectivity index (χ0v) is 25.2. The summed E-state index contributed by atoms with van der Waals surface area (Å²) < 4.78 is 6.32. The number of hydrogen-bond acceptors (Lipinski definition) is 5. The second kappa shape index (κ2) is 10.6. The molecule has 1 saturated carbocycles. The van der Waals surface area contributed by atoms with Gasteiger partial charge in [0.05, 0.1) is 27.5 Å². The highest BCUT2D eigenvalue weighted by molar-refractivity contribution is 9.10. The smallest absolute Gasteiger partial charge is 0.314 e. The second-order valence-electron chi connectivity index (χ2n) is 11.0. The Bertz CT molecular complexity index is 1350. The average Bonchev–Trinajstić information content (AvgIpc) is 3.66. The zero-order valence-electron chi connectivity index (χ0n) is 22.1. The van der Waals surface area contributed by atoms with Gasteiger partial charge in [-0.15, -0.1) is 0 Å². The largest absolute Gasteiger partial charge is 0.466 e. The van der Waals surface area contributed by atoms with Gasteiger partial charge >= 0.3 is 5.97 Å². The summed E-state index contributed by atoms with van der Waals surface area (Å²) in [5.74, 6) is -0.662. The van der Waals surface area contributed by atoms with Gasteiger partial charge in [0.1, 0.15) is 0 Å². The molecule has 5 rings (SSSR count). The van der Waals surface area contributed by atoms with E-state index in [1.807, 2.05) is 24.0 Å². The maximum absolute atomic E-state index is 14.0. The minimum Gasteiger partial charge on any atom is -0.466 e. The SMILES string of the molecule is CCOC(=O)[C@]12CCCN(C(=O)c3cc(N)c(Br)cc3C)C[C@H]1CN(C(=O)C1(c3ccc(Cl)c(Cl)c3)CC1)C2. The van der Waals surface area contributed by atoms with Crippen molar-refractivity contribution in [1.82, 2.24) is 9.80 Å². The van der Waals surface area contributed by atoms with Crippen molar-refractivity contribution in [3.8, 4) is 0 Å². The third-order valence-electron chi connectivity index (χ3n) is 8.65. The molecule has 2 atom stereocenters. The monoisotopic (exact) mass is 635 g/mol. The molecule has 2 heterocycles. The van der Waals surface area contributed by atoms with Gasteiger partial charge in [-0.05, 0) is 90.9 Å². The fraction of sp³-hybridized carbons (Fsp3) is 0.483. The predicted octanol–water partition coefficient (Wildman–Crippen LogP) is 5.62. The third kappa shape index (κ3) is 4.93. The number of hydrogen-bond donors (Lipinski definition) is 1. The van der Waals surface area contributed by atoms with E-state index >= 15 is 0 Å². The molecule has 7 nitrogen and oxygen atoms in total. The quantitative estimate of drug-likeness (QED) is 0.340. The lowest BCUT2D eigenvalue weighted by atomic mass is 9.75. The Morgan fingerprint density at radius 1 is 1.08 bits per heavy atom. The number of fused-ring (bicyclic) bond motifs is 1. The van der Waals surface area contributed by atoms with Crippen molar-refractivity contribution in [3.05, 3.63) is 61.5 Å². The van der Waals surface area contributed by atoms with Crippen LogP contribution in [0.4, 0.5) is 5.69 Å². The molecule has 10 heteroatoms. The molecule has 0 aromatic heterocycles. The lowest BCUT2D eigenvalue weighted by molar-refractivity contribution is -0.157. The van der Waals surface area contributed by atoms with E-state index in [-0.39, 0.29) is 36.9 Å². The minimum atomic E-state index is -0.859. The van der Waals surface area contributed by atoms with E-state index in [1.54, 1.807) is 30.0 Å². The number of halogens is 3. The molecule has 3 aliphatic rings. The molecule has 3 fully saturated rings. The molecule has 0 bridgehead atoms. The van der Waals surface area contributed by atoms with Gasteiger partial charge in [-0.3, -0.25) is 14.4 Å². The molecule has 0 radical (unpaired) electrons. The van der Waals surface area contributed by atoms with Crippen LogP contribution in [0.2, 0.25) is 10.0 Å². The third-order valence-corrected chi connectivity index (χ3v) is 10.1. The van der Waals surface area contributed by atoms with Gasteiger partial charge in [0.15, 0.2) is 0 Å². The number of likely N-dealkylation sites (tertiary alicyclic amines) is 2. The van der Waals surface area contributed by atoms with Gasteiger partial charge in [0.25, 0.3) is 5.91 Å². The van der Waals surface area contributed by atoms with Crippen LogP contribution in [0.25, 0.3) is 0 Å². The fourth-order valence-electron chi connectivity index (χ4n) is 6.32. The van der Waals surface area contributed by atoms with E-state index in [0.29, 0.717) is 66.6 Å². The number of carbonyl (C=O) groups excluding carboxylic acids is 3. The molecular formula is C29H32BrCl2N3O4. The fourth-order valence-corrected chi connectivity index (χ4v) is 7.07. The summed E-state index contributed by atoms with van der Waals surface area (Å²) in [5, 5.41) is 0.863. The van der Waals surface area contributed by atoms with Crippen LogP contribution in [-0.4, -0.2) is 60.4 Å². The Hall–Kier alpha value is -2.29. The van der Waals surface area contributed by atoms with E-state index < -0.39 is 10.8 Å². The van der Waals surface area contributed by atoms with Gasteiger partial charge in [-0.1, -0.05) is 29.3 Å². The molecule has 2 aromatic carbocycles. The van der Waals surface area contributed by atoms with E-state index in [2.05, 4.69) is 15.9 Å². The van der Waals surface area contributed by atoms with Crippen molar-refractivity contribution in [2.24, 2.45) is 11.3 Å². The van der Waals surface area contributed by atoms with E-state index in [0.717, 1.165) is 15.6 Å². The number of esters is 1. The number of rotatable bonds is 5. The van der Waals surface area contributed by atoms with Gasteiger partial charge in [-0.25, -0.2) is 0 Å². The average molecular weight is 637 g/mol. The molecule has 0 unspecified atom stereocenters. The molecule has 2 aromatic rings. The van der Waals surface area contributed by atoms with Gasteiger partial charge in [0, 0.05) is 47.8 Å². The van der Waals surface area contributed by atoms with Crippen molar-refractivity contribution in [2.45, 2.75) is 44.9 Å². The van der Waals surface area contributed by atoms with Crippen LogP contribution in [-0.2, 0) is 19.7 Å². The first-order valence-corrected chi connectivity index (χ1v) is 14.8. The topological polar surface area (TPSA) is 92.9 Å². The number of nitrogens with zero attached hydrogens (tertiary/aromatic N) is 2. The highest BCUT2D eigenvalue weighted by atomic mass is 79.9. The van der Waals surface area contributed by atoms with E-state index in [9.17, 15) is 14.4 Å². The number of amides is 2. The summed E-state index contributed by atoms with van der Waals surface area (Å²) in [4.78, 5) is 44.8. The van der Waals surface area contributed by atoms with Crippen molar-refractivity contribution in [3.63, 3.8) is 0 Å². The molecular weight excluding hydrogens is 605 g/mol. The Balaban J connectivity index is 1.44. The number of ether oxygens (including phenoxy) is 1. The number of carbonyl (C=O) groups is 3. The van der Waals surface area contributed by atoms with E-state index in [4.69, 9.17) is 33.7 Å². The molecule has 2 amide bonds. The lowest BCUT2D eigenvalue weighted by Crippen LogP contribution is -2.44. The molecule has 2 aliphatic heterocycles. The standard InChI is InChI=1S/C29H32BrCl2N3O4/c1-3-39-27(38)29-7-4-10-34(25(36)20-13-24(33)21(30)11-17(20)2)14-19(29)15-35(16-29)26(37)28(8-9-28)18-5-6-22(31)23(32)12-18/h5-6,11-13,19H,3-4,7-10,14-16,33H2,1-2H3/t19-,29-/m0/s1. The summed E-state index contributed by atoms with van der Waals surface area (Å²) in [6.07, 6.45) is 2.61. The Labute approximate surface area is 247 Å². The Morgan fingerprint density at radius 2 is 1.79 bits per heavy atom. The predicted molar refractivity (Wildman–Crippen MR) is 155 cm³/mol. The maximum atomic E-state index is 14.0. The number of nitrogen functional groups attached to an aromatic ring is 1. The van der Waals surface area contributed by atoms with Gasteiger partial charge in [-0.2, -0.15) is 0 Å². The number of nitrogens with two attached hydrogens (primary N) is 1. The summed E-state index contributed by atoms with van der Waals surface area (Å²) in [6.45, 7) is 5.47. The van der Waals surface area contributed by atoms with Crippen LogP contribution in [0.1, 0.15) is 54.1 Å². The molecule has 2 N–H and O–H groups in total. The van der Waals surface area contributed by atoms with Crippen LogP contribution in [0.15, 0.2) is 34.8 Å². The van der Waals surface area contributed by atoms with Crippen molar-refractivity contribution in [1.29, 1.82) is 0 Å². The first-order valence-electron chi connectivity index (χ1n) is 13.3. The summed E-state index contributed by atoms with van der Waals surface area (Å²) in [7, 11) is 0. The molecule has 1 aliphatic carbocycles. The number of benzene rings is 2. The molecule has 39 heavy (non-hydrogen) atoms. The highest BCUT2D eigenvalue weighted by Gasteiger charge is 2.60. The van der Waals surface area contributed by atoms with Gasteiger partial charge < -0.3 is 20.3 Å². The summed E-state index contributed by atoms with van der Waals surface area (Å²) in [5.41, 5.74) is 7.28. The molecule has 208 valence electrons. The summed E-state index contributed by atoms with van der Waals surface area (Å²) >= 11 is 15.8. The van der Waals surface area contributed by atoms with Gasteiger partial charge in [0.2, 0.25) is 5.91 Å². The molecule has 2 saturated heterocycles. The highest BCUT2D eigenvalue weighted by Crippen LogP contribution is 2.53. The van der Waals surface area contributed by atoms with Crippen molar-refractivity contribution < 1.29 is 19.1 Å². The minimum absolute atomic E-state index is 0.00737. The second-order valence-corrected chi connectivity index (χ2v) is 12.7. The Kier molecular flexibility index (Phi) is 7.68. The van der Waals surface area contributed by atoms with Crippen LogP contribution in [0.3, 0.4) is 0 Å². The lowest BCUT2D eigenvalue weighted by Gasteiger charge is -2.31. The zero-order chi connectivity index (χ0) is 28.1. The van der Waals surface area contributed by atoms with Crippen LogP contribution >= 0.6 is 39.1 Å². The molecule has 0 spiro atoms. The van der Waals surface area contributed by atoms with Crippen LogP contribution < -0.4 is 5.73 Å². The van der Waals surface area contributed by atoms with Crippen LogP contribution in [0.5, 0.6) is 0 Å². The van der Waals surface area contributed by atoms with Crippen molar-refractivity contribution >= 4 is 62.6 Å². The maximum Gasteiger partial charge on any atom is 0.314 e. The summed E-state index contributed by atoms with van der Waals surface area (Å²) in [6, 6.07) is 8.90. The number of anilines is 1. The first kappa shape index (κ1) is 28.2. The van der Waals surface area contributed by atoms with E-state index in [1.165, 1.54) is 0 Å². The van der Waals surface area contributed by atoms with Crippen molar-refractivity contribution in [2.75, 3.05) is 38.5 Å². The van der Waals surface area contributed by atoms with Crippen LogP contribution in [0, 0.1) is 18.3 Å². The Morgan fingerprint density at radius 3 is 2.46 bits per heavy atom. The first-order chi connectivity index (χ1) is 18.5. The normalized spacial score (nSPS) is 23.7. The number of aryl methyl sites for hydroxylation is 1.